The van der Waals surface area contributed by atoms with Crippen LogP contribution >= 0.6 is 0 Å². The average molecular weight is 239 g/mol. The minimum Gasteiger partial charge on any atom is -0.316 e. The summed E-state index contributed by atoms with van der Waals surface area (Å²) in [5.74, 6) is 2.88. The van der Waals surface area contributed by atoms with Crippen LogP contribution in [0.5, 0.6) is 0 Å². The van der Waals surface area contributed by atoms with E-state index >= 15 is 0 Å². The molecule has 17 heavy (non-hydrogen) atoms. The molecule has 3 unspecified atom stereocenters. The van der Waals surface area contributed by atoms with Crippen molar-refractivity contribution in [2.24, 2.45) is 23.2 Å². The Morgan fingerprint density at radius 3 is 2.00 bits per heavy atom. The molecule has 0 aromatic carbocycles. The second kappa shape index (κ2) is 6.22. The molecule has 102 valence electrons. The van der Waals surface area contributed by atoms with Crippen molar-refractivity contribution in [1.29, 1.82) is 0 Å². The van der Waals surface area contributed by atoms with Crippen molar-refractivity contribution in [3.63, 3.8) is 0 Å². The Kier molecular flexibility index (Phi) is 5.50. The molecule has 1 aliphatic carbocycles. The fraction of sp³-hybridized carbons (Fsp3) is 1.00. The maximum atomic E-state index is 3.50. The van der Waals surface area contributed by atoms with E-state index in [1.54, 1.807) is 0 Å². The Labute approximate surface area is 109 Å². The lowest BCUT2D eigenvalue weighted by Crippen LogP contribution is -2.38. The Hall–Kier alpha value is -0.0400. The molecule has 3 atom stereocenters. The fourth-order valence-electron chi connectivity index (χ4n) is 3.76. The van der Waals surface area contributed by atoms with Gasteiger partial charge < -0.3 is 5.32 Å². The van der Waals surface area contributed by atoms with Crippen LogP contribution in [0.1, 0.15) is 66.7 Å². The molecule has 1 aliphatic rings. The molecule has 0 aliphatic heterocycles. The number of nitrogens with one attached hydrogen (secondary N) is 1. The normalized spacial score (nSPS) is 32.5. The van der Waals surface area contributed by atoms with Gasteiger partial charge in [0, 0.05) is 6.04 Å². The van der Waals surface area contributed by atoms with E-state index in [9.17, 15) is 0 Å². The summed E-state index contributed by atoms with van der Waals surface area (Å²) in [5.41, 5.74) is 0.390. The van der Waals surface area contributed by atoms with E-state index in [0.29, 0.717) is 11.5 Å². The van der Waals surface area contributed by atoms with Crippen molar-refractivity contribution >= 4 is 0 Å². The van der Waals surface area contributed by atoms with Gasteiger partial charge in [-0.3, -0.25) is 0 Å². The van der Waals surface area contributed by atoms with E-state index in [4.69, 9.17) is 0 Å². The van der Waals surface area contributed by atoms with Crippen LogP contribution in [0.25, 0.3) is 0 Å². The molecule has 1 N–H and O–H groups in total. The predicted molar refractivity (Wildman–Crippen MR) is 77.2 cm³/mol. The molecule has 1 nitrogen and oxygen atoms in total. The van der Waals surface area contributed by atoms with Gasteiger partial charge >= 0.3 is 0 Å². The van der Waals surface area contributed by atoms with Gasteiger partial charge in [0.2, 0.25) is 0 Å². The molecule has 0 spiro atoms. The largest absolute Gasteiger partial charge is 0.316 e. The van der Waals surface area contributed by atoms with Gasteiger partial charge in [0.15, 0.2) is 0 Å². The van der Waals surface area contributed by atoms with Gasteiger partial charge in [0.25, 0.3) is 0 Å². The van der Waals surface area contributed by atoms with E-state index in [2.05, 4.69) is 47.0 Å². The lowest BCUT2D eigenvalue weighted by atomic mass is 9.73. The minimum absolute atomic E-state index is 0.390. The first-order valence-electron chi connectivity index (χ1n) is 7.50. The molecule has 0 aromatic rings. The van der Waals surface area contributed by atoms with Crippen LogP contribution in [0.15, 0.2) is 0 Å². The van der Waals surface area contributed by atoms with Crippen molar-refractivity contribution < 1.29 is 0 Å². The minimum atomic E-state index is 0.390. The van der Waals surface area contributed by atoms with Crippen LogP contribution in [-0.2, 0) is 0 Å². The Bertz CT molecular complexity index is 206. The van der Waals surface area contributed by atoms with Crippen LogP contribution in [0.4, 0.5) is 0 Å². The van der Waals surface area contributed by atoms with E-state index < -0.39 is 0 Å². The highest BCUT2D eigenvalue weighted by Gasteiger charge is 2.27. The summed E-state index contributed by atoms with van der Waals surface area (Å²) in [5, 5.41) is 3.50. The number of rotatable bonds is 4. The van der Waals surface area contributed by atoms with Gasteiger partial charge in [-0.05, 0) is 62.3 Å². The molecule has 0 heterocycles. The summed E-state index contributed by atoms with van der Waals surface area (Å²) in [6, 6.07) is 0.662. The molecule has 0 aromatic heterocycles. The molecule has 0 amide bonds. The topological polar surface area (TPSA) is 12.0 Å². The standard InChI is InChI=1S/C16H33N/c1-12-9-13(2)11-14(10-12)7-8-15(17-6)16(3,4)5/h12-15,17H,7-11H2,1-6H3. The van der Waals surface area contributed by atoms with Gasteiger partial charge in [-0.2, -0.15) is 0 Å². The van der Waals surface area contributed by atoms with Crippen LogP contribution in [0.2, 0.25) is 0 Å². The van der Waals surface area contributed by atoms with Gasteiger partial charge in [-0.1, -0.05) is 34.6 Å². The maximum Gasteiger partial charge on any atom is 0.0113 e. The molecule has 0 saturated heterocycles. The van der Waals surface area contributed by atoms with Crippen molar-refractivity contribution in [2.45, 2.75) is 72.8 Å². The first-order valence-corrected chi connectivity index (χ1v) is 7.50. The zero-order valence-corrected chi connectivity index (χ0v) is 12.8. The van der Waals surface area contributed by atoms with Gasteiger partial charge in [0.1, 0.15) is 0 Å². The van der Waals surface area contributed by atoms with E-state index in [0.717, 1.165) is 17.8 Å². The van der Waals surface area contributed by atoms with Crippen molar-refractivity contribution in [2.75, 3.05) is 7.05 Å². The number of hydrogen-bond donors (Lipinski definition) is 1. The summed E-state index contributed by atoms with van der Waals surface area (Å²) in [6.45, 7) is 11.9. The molecule has 1 heteroatoms. The Morgan fingerprint density at radius 2 is 1.59 bits per heavy atom. The number of hydrogen-bond acceptors (Lipinski definition) is 1. The molecule has 0 radical (unpaired) electrons. The second-order valence-electron chi connectivity index (χ2n) is 7.57. The third-order valence-electron chi connectivity index (χ3n) is 4.53. The Morgan fingerprint density at radius 1 is 1.06 bits per heavy atom. The fourth-order valence-corrected chi connectivity index (χ4v) is 3.76. The van der Waals surface area contributed by atoms with Crippen LogP contribution in [0.3, 0.4) is 0 Å². The quantitative estimate of drug-likeness (QED) is 0.763. The van der Waals surface area contributed by atoms with E-state index in [1.807, 2.05) is 0 Å². The smallest absolute Gasteiger partial charge is 0.0113 e. The van der Waals surface area contributed by atoms with Crippen LogP contribution in [-0.4, -0.2) is 13.1 Å². The first kappa shape index (κ1) is 15.0. The summed E-state index contributed by atoms with van der Waals surface area (Å²) in [4.78, 5) is 0. The highest BCUT2D eigenvalue weighted by Crippen LogP contribution is 2.36. The van der Waals surface area contributed by atoms with Crippen LogP contribution in [0, 0.1) is 23.2 Å². The zero-order chi connectivity index (χ0) is 13.1. The lowest BCUT2D eigenvalue weighted by molar-refractivity contribution is 0.185. The SMILES string of the molecule is CNC(CCC1CC(C)CC(C)C1)C(C)(C)C. The third-order valence-corrected chi connectivity index (χ3v) is 4.53. The van der Waals surface area contributed by atoms with Crippen LogP contribution < -0.4 is 5.32 Å². The summed E-state index contributed by atoms with van der Waals surface area (Å²) >= 11 is 0. The maximum absolute atomic E-state index is 3.50. The lowest BCUT2D eigenvalue weighted by Gasteiger charge is -2.35. The third kappa shape index (κ3) is 4.99. The molecule has 0 bridgehead atoms. The van der Waals surface area contributed by atoms with E-state index in [1.165, 1.54) is 32.1 Å². The average Bonchev–Trinajstić information content (AvgIpc) is 2.14. The van der Waals surface area contributed by atoms with Gasteiger partial charge in [-0.25, -0.2) is 0 Å². The van der Waals surface area contributed by atoms with E-state index in [-0.39, 0.29) is 0 Å². The molecular formula is C16H33N. The van der Waals surface area contributed by atoms with Gasteiger partial charge in [0.05, 0.1) is 0 Å². The second-order valence-corrected chi connectivity index (χ2v) is 7.57. The Balaban J connectivity index is 2.39. The molecule has 1 rings (SSSR count). The molecule has 1 saturated carbocycles. The van der Waals surface area contributed by atoms with Crippen molar-refractivity contribution in [3.05, 3.63) is 0 Å². The molecule has 1 fully saturated rings. The zero-order valence-electron chi connectivity index (χ0n) is 12.8. The van der Waals surface area contributed by atoms with Gasteiger partial charge in [-0.15, -0.1) is 0 Å². The highest BCUT2D eigenvalue weighted by molar-refractivity contribution is 4.82. The van der Waals surface area contributed by atoms with Crippen molar-refractivity contribution in [3.8, 4) is 0 Å². The highest BCUT2D eigenvalue weighted by atomic mass is 14.9. The summed E-state index contributed by atoms with van der Waals surface area (Å²) in [7, 11) is 2.11. The summed E-state index contributed by atoms with van der Waals surface area (Å²) < 4.78 is 0. The first-order chi connectivity index (χ1) is 7.82. The summed E-state index contributed by atoms with van der Waals surface area (Å²) in [6.07, 6.45) is 7.13. The predicted octanol–water partition coefficient (Wildman–Crippen LogP) is 4.47. The monoisotopic (exact) mass is 239 g/mol. The molecular weight excluding hydrogens is 206 g/mol. The van der Waals surface area contributed by atoms with Crippen molar-refractivity contribution in [1.82, 2.24) is 5.32 Å².